The predicted molar refractivity (Wildman–Crippen MR) is 108 cm³/mol. The Morgan fingerprint density at radius 2 is 1.97 bits per heavy atom. The SMILES string of the molecule is Cc1noc(C)c1-c1cc2c(cn1)OC(C1CCN(C(=O)OC(C)(C)C)CC1)C2. The zero-order valence-electron chi connectivity index (χ0n) is 17.8. The van der Waals surface area contributed by atoms with Crippen LogP contribution in [0.4, 0.5) is 4.79 Å². The maximum Gasteiger partial charge on any atom is 0.410 e. The van der Waals surface area contributed by atoms with Crippen molar-refractivity contribution in [1.82, 2.24) is 15.0 Å². The Morgan fingerprint density at radius 1 is 1.24 bits per heavy atom. The molecule has 156 valence electrons. The molecule has 1 fully saturated rings. The number of pyridine rings is 1. The van der Waals surface area contributed by atoms with Gasteiger partial charge in [0.2, 0.25) is 0 Å². The molecule has 4 heterocycles. The van der Waals surface area contributed by atoms with E-state index in [9.17, 15) is 4.79 Å². The number of ether oxygens (including phenoxy) is 2. The summed E-state index contributed by atoms with van der Waals surface area (Å²) in [6.07, 6.45) is 4.43. The van der Waals surface area contributed by atoms with Gasteiger partial charge in [-0.25, -0.2) is 4.79 Å². The van der Waals surface area contributed by atoms with E-state index in [-0.39, 0.29) is 12.2 Å². The van der Waals surface area contributed by atoms with Gasteiger partial charge < -0.3 is 18.9 Å². The lowest BCUT2D eigenvalue weighted by Gasteiger charge is -2.35. The zero-order valence-corrected chi connectivity index (χ0v) is 17.8. The Labute approximate surface area is 171 Å². The highest BCUT2D eigenvalue weighted by Crippen LogP contribution is 2.37. The van der Waals surface area contributed by atoms with Crippen LogP contribution in [0, 0.1) is 19.8 Å². The molecule has 29 heavy (non-hydrogen) atoms. The lowest BCUT2D eigenvalue weighted by Crippen LogP contribution is -2.44. The number of rotatable bonds is 2. The summed E-state index contributed by atoms with van der Waals surface area (Å²) in [5, 5.41) is 4.03. The number of carbonyl (C=O) groups excluding carboxylic acids is 1. The summed E-state index contributed by atoms with van der Waals surface area (Å²) in [6, 6.07) is 2.09. The molecular weight excluding hydrogens is 370 g/mol. The lowest BCUT2D eigenvalue weighted by molar-refractivity contribution is 0.0123. The number of amides is 1. The number of nitrogens with zero attached hydrogens (tertiary/aromatic N) is 3. The van der Waals surface area contributed by atoms with Crippen LogP contribution in [0.5, 0.6) is 5.75 Å². The van der Waals surface area contributed by atoms with Gasteiger partial charge in [-0.15, -0.1) is 0 Å². The van der Waals surface area contributed by atoms with Crippen LogP contribution in [0.1, 0.15) is 50.6 Å². The molecule has 1 saturated heterocycles. The molecule has 1 amide bonds. The van der Waals surface area contributed by atoms with Crippen molar-refractivity contribution in [2.24, 2.45) is 5.92 Å². The number of piperidine rings is 1. The first-order valence-electron chi connectivity index (χ1n) is 10.3. The van der Waals surface area contributed by atoms with E-state index in [4.69, 9.17) is 14.0 Å². The molecule has 0 spiro atoms. The van der Waals surface area contributed by atoms with Crippen molar-refractivity contribution in [3.05, 3.63) is 29.3 Å². The molecule has 0 N–H and O–H groups in total. The number of hydrogen-bond acceptors (Lipinski definition) is 6. The Hall–Kier alpha value is -2.57. The summed E-state index contributed by atoms with van der Waals surface area (Å²) in [5.74, 6) is 2.06. The minimum atomic E-state index is -0.462. The largest absolute Gasteiger partial charge is 0.488 e. The van der Waals surface area contributed by atoms with Crippen LogP contribution < -0.4 is 4.74 Å². The van der Waals surface area contributed by atoms with Crippen molar-refractivity contribution < 1.29 is 18.8 Å². The summed E-state index contributed by atoms with van der Waals surface area (Å²) < 4.78 is 17.0. The van der Waals surface area contributed by atoms with Gasteiger partial charge in [0.25, 0.3) is 0 Å². The van der Waals surface area contributed by atoms with Gasteiger partial charge in [0.05, 0.1) is 23.1 Å². The highest BCUT2D eigenvalue weighted by atomic mass is 16.6. The molecule has 4 rings (SSSR count). The van der Waals surface area contributed by atoms with Crippen molar-refractivity contribution in [2.75, 3.05) is 13.1 Å². The van der Waals surface area contributed by atoms with Crippen molar-refractivity contribution in [1.29, 1.82) is 0 Å². The highest BCUT2D eigenvalue weighted by molar-refractivity contribution is 5.68. The maximum atomic E-state index is 12.3. The number of hydrogen-bond donors (Lipinski definition) is 0. The topological polar surface area (TPSA) is 77.7 Å². The van der Waals surface area contributed by atoms with E-state index in [1.54, 1.807) is 4.90 Å². The fourth-order valence-electron chi connectivity index (χ4n) is 4.20. The fourth-order valence-corrected chi connectivity index (χ4v) is 4.20. The zero-order chi connectivity index (χ0) is 20.8. The van der Waals surface area contributed by atoms with Gasteiger partial charge in [-0.05, 0) is 59.4 Å². The number of aromatic nitrogens is 2. The lowest BCUT2D eigenvalue weighted by atomic mass is 9.89. The van der Waals surface area contributed by atoms with Crippen LogP contribution in [-0.2, 0) is 11.2 Å². The standard InChI is InChI=1S/C22H29N3O4/c1-13-20(14(2)29-24-13)17-10-16-11-18(27-19(16)12-23-17)15-6-8-25(9-7-15)21(26)28-22(3,4)5/h10,12,15,18H,6-9,11H2,1-5H3. The molecule has 1 unspecified atom stereocenters. The van der Waals surface area contributed by atoms with Crippen molar-refractivity contribution in [3.8, 4) is 17.0 Å². The van der Waals surface area contributed by atoms with Gasteiger partial charge in [-0.3, -0.25) is 4.98 Å². The second kappa shape index (κ2) is 7.35. The van der Waals surface area contributed by atoms with E-state index in [0.717, 1.165) is 47.7 Å². The fraction of sp³-hybridized carbons (Fsp3) is 0.591. The molecule has 0 aliphatic carbocycles. The molecular formula is C22H29N3O4. The Balaban J connectivity index is 1.39. The monoisotopic (exact) mass is 399 g/mol. The summed E-state index contributed by atoms with van der Waals surface area (Å²) in [7, 11) is 0. The van der Waals surface area contributed by atoms with Crippen molar-refractivity contribution >= 4 is 6.09 Å². The van der Waals surface area contributed by atoms with Gasteiger partial charge in [0, 0.05) is 25.1 Å². The number of aryl methyl sites for hydroxylation is 2. The third kappa shape index (κ3) is 4.09. The molecule has 2 aromatic rings. The molecule has 0 aromatic carbocycles. The average Bonchev–Trinajstić information content (AvgIpc) is 3.23. The first kappa shape index (κ1) is 19.7. The van der Waals surface area contributed by atoms with Crippen molar-refractivity contribution in [2.45, 2.75) is 65.6 Å². The normalized spacial score (nSPS) is 19.8. The Bertz CT molecular complexity index is 888. The van der Waals surface area contributed by atoms with Crippen LogP contribution in [-0.4, -0.2) is 45.9 Å². The molecule has 0 bridgehead atoms. The minimum absolute atomic E-state index is 0.132. The molecule has 2 aliphatic rings. The molecule has 0 saturated carbocycles. The third-order valence-corrected chi connectivity index (χ3v) is 5.65. The smallest absolute Gasteiger partial charge is 0.410 e. The maximum absolute atomic E-state index is 12.3. The van der Waals surface area contributed by atoms with Gasteiger partial charge in [-0.2, -0.15) is 0 Å². The first-order valence-corrected chi connectivity index (χ1v) is 10.3. The Kier molecular flexibility index (Phi) is 5.00. The van der Waals surface area contributed by atoms with Crippen LogP contribution in [0.15, 0.2) is 16.8 Å². The summed E-state index contributed by atoms with van der Waals surface area (Å²) in [6.45, 7) is 10.9. The summed E-state index contributed by atoms with van der Waals surface area (Å²) in [5.41, 5.74) is 3.40. The van der Waals surface area contributed by atoms with Crippen LogP contribution >= 0.6 is 0 Å². The van der Waals surface area contributed by atoms with E-state index >= 15 is 0 Å². The molecule has 2 aliphatic heterocycles. The number of fused-ring (bicyclic) bond motifs is 1. The van der Waals surface area contributed by atoms with E-state index < -0.39 is 5.60 Å². The second-order valence-corrected chi connectivity index (χ2v) is 9.04. The van der Waals surface area contributed by atoms with Crippen LogP contribution in [0.25, 0.3) is 11.3 Å². The minimum Gasteiger partial charge on any atom is -0.488 e. The van der Waals surface area contributed by atoms with E-state index in [2.05, 4.69) is 16.2 Å². The van der Waals surface area contributed by atoms with Gasteiger partial charge in [-0.1, -0.05) is 5.16 Å². The highest BCUT2D eigenvalue weighted by Gasteiger charge is 2.35. The van der Waals surface area contributed by atoms with Crippen LogP contribution in [0.3, 0.4) is 0 Å². The molecule has 7 nitrogen and oxygen atoms in total. The molecule has 0 radical (unpaired) electrons. The average molecular weight is 399 g/mol. The molecule has 1 atom stereocenters. The van der Waals surface area contributed by atoms with E-state index in [1.165, 1.54) is 5.56 Å². The number of carbonyl (C=O) groups is 1. The molecule has 2 aromatic heterocycles. The first-order chi connectivity index (χ1) is 13.7. The summed E-state index contributed by atoms with van der Waals surface area (Å²) >= 11 is 0. The molecule has 7 heteroatoms. The van der Waals surface area contributed by atoms with Gasteiger partial charge in [0.15, 0.2) is 0 Å². The number of likely N-dealkylation sites (tertiary alicyclic amines) is 1. The van der Waals surface area contributed by atoms with Crippen molar-refractivity contribution in [3.63, 3.8) is 0 Å². The quantitative estimate of drug-likeness (QED) is 0.749. The predicted octanol–water partition coefficient (Wildman–Crippen LogP) is 4.30. The van der Waals surface area contributed by atoms with Gasteiger partial charge >= 0.3 is 6.09 Å². The third-order valence-electron chi connectivity index (χ3n) is 5.65. The summed E-state index contributed by atoms with van der Waals surface area (Å²) in [4.78, 5) is 18.7. The van der Waals surface area contributed by atoms with Crippen LogP contribution in [0.2, 0.25) is 0 Å². The Morgan fingerprint density at radius 3 is 2.59 bits per heavy atom. The van der Waals surface area contributed by atoms with E-state index in [0.29, 0.717) is 19.0 Å². The second-order valence-electron chi connectivity index (χ2n) is 9.04. The van der Waals surface area contributed by atoms with Gasteiger partial charge in [0.1, 0.15) is 23.2 Å². The van der Waals surface area contributed by atoms with E-state index in [1.807, 2.05) is 40.8 Å².